The summed E-state index contributed by atoms with van der Waals surface area (Å²) in [6.07, 6.45) is -0.644. The Morgan fingerprint density at radius 3 is 2.59 bits per heavy atom. The number of piperazine rings is 1. The number of nitro benzene ring substituents is 1. The normalized spacial score (nSPS) is 16.1. The van der Waals surface area contributed by atoms with Crippen molar-refractivity contribution in [3.05, 3.63) is 64.2 Å². The largest absolute Gasteiger partial charge is 0.491 e. The number of aryl methyl sites for hydroxylation is 1. The van der Waals surface area contributed by atoms with E-state index in [4.69, 9.17) is 4.74 Å². The van der Waals surface area contributed by atoms with Gasteiger partial charge in [0.05, 0.1) is 11.0 Å². The maximum absolute atomic E-state index is 10.8. The van der Waals surface area contributed by atoms with E-state index in [1.807, 2.05) is 0 Å². The minimum Gasteiger partial charge on any atom is -0.491 e. The van der Waals surface area contributed by atoms with E-state index < -0.39 is 11.0 Å². The first-order valence-electron chi connectivity index (χ1n) is 9.10. The number of ether oxygens (including phenoxy) is 1. The lowest BCUT2D eigenvalue weighted by atomic mass is 10.2. The lowest BCUT2D eigenvalue weighted by Crippen LogP contribution is -2.49. The predicted molar refractivity (Wildman–Crippen MR) is 104 cm³/mol. The van der Waals surface area contributed by atoms with Gasteiger partial charge in [-0.25, -0.2) is 0 Å². The van der Waals surface area contributed by atoms with Crippen molar-refractivity contribution >= 4 is 11.4 Å². The van der Waals surface area contributed by atoms with Crippen molar-refractivity contribution in [2.24, 2.45) is 0 Å². The van der Waals surface area contributed by atoms with Gasteiger partial charge in [0.15, 0.2) is 0 Å². The van der Waals surface area contributed by atoms with Crippen molar-refractivity contribution in [2.45, 2.75) is 13.0 Å². The summed E-state index contributed by atoms with van der Waals surface area (Å²) >= 11 is 0. The van der Waals surface area contributed by atoms with Gasteiger partial charge in [-0.1, -0.05) is 18.2 Å². The highest BCUT2D eigenvalue weighted by atomic mass is 16.6. The number of nitrogens with zero attached hydrogens (tertiary/aromatic N) is 3. The molecule has 1 atom stereocenters. The van der Waals surface area contributed by atoms with Gasteiger partial charge in [-0.3, -0.25) is 15.0 Å². The molecule has 27 heavy (non-hydrogen) atoms. The van der Waals surface area contributed by atoms with Gasteiger partial charge in [-0.05, 0) is 30.7 Å². The number of benzene rings is 2. The van der Waals surface area contributed by atoms with Crippen molar-refractivity contribution < 1.29 is 14.8 Å². The molecule has 0 radical (unpaired) electrons. The Morgan fingerprint density at radius 1 is 1.15 bits per heavy atom. The number of aliphatic hydroxyl groups excluding tert-OH is 1. The zero-order valence-corrected chi connectivity index (χ0v) is 15.5. The van der Waals surface area contributed by atoms with E-state index in [-0.39, 0.29) is 12.3 Å². The maximum atomic E-state index is 10.8. The summed E-state index contributed by atoms with van der Waals surface area (Å²) in [4.78, 5) is 14.9. The Morgan fingerprint density at radius 2 is 1.89 bits per heavy atom. The van der Waals surface area contributed by atoms with Crippen LogP contribution in [0.1, 0.15) is 5.56 Å². The molecule has 0 aliphatic carbocycles. The second-order valence-electron chi connectivity index (χ2n) is 6.85. The van der Waals surface area contributed by atoms with Gasteiger partial charge in [-0.15, -0.1) is 0 Å². The third kappa shape index (κ3) is 5.42. The Labute approximate surface area is 158 Å². The highest BCUT2D eigenvalue weighted by molar-refractivity contribution is 5.48. The van der Waals surface area contributed by atoms with Gasteiger partial charge in [0, 0.05) is 44.5 Å². The van der Waals surface area contributed by atoms with Crippen LogP contribution in [-0.2, 0) is 0 Å². The molecular formula is C20H25N3O4. The van der Waals surface area contributed by atoms with E-state index in [0.29, 0.717) is 12.3 Å². The van der Waals surface area contributed by atoms with Crippen LogP contribution in [0.4, 0.5) is 11.4 Å². The third-order valence-electron chi connectivity index (χ3n) is 4.68. The van der Waals surface area contributed by atoms with Crippen LogP contribution in [0.25, 0.3) is 0 Å². The molecular weight excluding hydrogens is 346 g/mol. The molecule has 0 spiro atoms. The van der Waals surface area contributed by atoms with Gasteiger partial charge >= 0.3 is 0 Å². The standard InChI is InChI=1S/C20H25N3O4/c1-16-4-2-5-17(12-16)22-10-8-21(9-11-22)14-19(24)15-27-20-7-3-6-18(13-20)23(25)26/h2-7,12-13,19,24H,8-11,14-15H2,1H3. The first-order valence-corrected chi connectivity index (χ1v) is 9.10. The molecule has 1 saturated heterocycles. The molecule has 1 aliphatic rings. The second-order valence-corrected chi connectivity index (χ2v) is 6.85. The minimum absolute atomic E-state index is 0.0192. The number of hydrogen-bond acceptors (Lipinski definition) is 6. The van der Waals surface area contributed by atoms with E-state index in [0.717, 1.165) is 26.2 Å². The first kappa shape index (κ1) is 19.1. The summed E-state index contributed by atoms with van der Waals surface area (Å²) < 4.78 is 5.51. The Balaban J connectivity index is 1.43. The third-order valence-corrected chi connectivity index (χ3v) is 4.68. The van der Waals surface area contributed by atoms with E-state index in [2.05, 4.69) is 41.0 Å². The molecule has 1 N–H and O–H groups in total. The highest BCUT2D eigenvalue weighted by Crippen LogP contribution is 2.20. The fourth-order valence-corrected chi connectivity index (χ4v) is 3.24. The molecule has 1 unspecified atom stereocenters. The molecule has 144 valence electrons. The number of anilines is 1. The van der Waals surface area contributed by atoms with Gasteiger partial charge in [0.2, 0.25) is 0 Å². The summed E-state index contributed by atoms with van der Waals surface area (Å²) in [6.45, 7) is 6.32. The molecule has 1 fully saturated rings. The van der Waals surface area contributed by atoms with Gasteiger partial charge in [0.25, 0.3) is 5.69 Å². The van der Waals surface area contributed by atoms with Crippen LogP contribution in [0, 0.1) is 17.0 Å². The maximum Gasteiger partial charge on any atom is 0.273 e. The van der Waals surface area contributed by atoms with E-state index >= 15 is 0 Å². The number of nitro groups is 1. The quantitative estimate of drug-likeness (QED) is 0.595. The molecule has 1 aliphatic heterocycles. The molecule has 3 rings (SSSR count). The Bertz CT molecular complexity index is 775. The van der Waals surface area contributed by atoms with Crippen molar-refractivity contribution in [1.82, 2.24) is 4.90 Å². The topological polar surface area (TPSA) is 79.1 Å². The van der Waals surface area contributed by atoms with Crippen LogP contribution in [0.5, 0.6) is 5.75 Å². The lowest BCUT2D eigenvalue weighted by molar-refractivity contribution is -0.384. The van der Waals surface area contributed by atoms with Crippen LogP contribution < -0.4 is 9.64 Å². The Kier molecular flexibility index (Phi) is 6.26. The SMILES string of the molecule is Cc1cccc(N2CCN(CC(O)COc3cccc([N+](=O)[O-])c3)CC2)c1. The van der Waals surface area contributed by atoms with Crippen LogP contribution in [0.2, 0.25) is 0 Å². The van der Waals surface area contributed by atoms with Crippen LogP contribution >= 0.6 is 0 Å². The molecule has 0 aromatic heterocycles. The molecule has 2 aromatic carbocycles. The van der Waals surface area contributed by atoms with Gasteiger partial charge < -0.3 is 14.7 Å². The number of non-ortho nitro benzene ring substituents is 1. The van der Waals surface area contributed by atoms with Crippen molar-refractivity contribution in [3.63, 3.8) is 0 Å². The van der Waals surface area contributed by atoms with Gasteiger partial charge in [-0.2, -0.15) is 0 Å². The smallest absolute Gasteiger partial charge is 0.273 e. The van der Waals surface area contributed by atoms with Crippen molar-refractivity contribution in [1.29, 1.82) is 0 Å². The zero-order chi connectivity index (χ0) is 19.2. The first-order chi connectivity index (χ1) is 13.0. The summed E-state index contributed by atoms with van der Waals surface area (Å²) in [6, 6.07) is 14.5. The zero-order valence-electron chi connectivity index (χ0n) is 15.5. The van der Waals surface area contributed by atoms with Crippen molar-refractivity contribution in [2.75, 3.05) is 44.2 Å². The van der Waals surface area contributed by atoms with Gasteiger partial charge in [0.1, 0.15) is 18.5 Å². The van der Waals surface area contributed by atoms with E-state index in [1.54, 1.807) is 12.1 Å². The molecule has 0 amide bonds. The number of rotatable bonds is 7. The summed E-state index contributed by atoms with van der Waals surface area (Å²) in [7, 11) is 0. The number of aliphatic hydroxyl groups is 1. The molecule has 2 aromatic rings. The highest BCUT2D eigenvalue weighted by Gasteiger charge is 2.20. The average molecular weight is 371 g/mol. The molecule has 7 nitrogen and oxygen atoms in total. The monoisotopic (exact) mass is 371 g/mol. The minimum atomic E-state index is -0.644. The molecule has 1 heterocycles. The molecule has 0 saturated carbocycles. The second kappa shape index (κ2) is 8.83. The number of hydrogen-bond donors (Lipinski definition) is 1. The lowest BCUT2D eigenvalue weighted by Gasteiger charge is -2.37. The summed E-state index contributed by atoms with van der Waals surface area (Å²) in [5.41, 5.74) is 2.47. The van der Waals surface area contributed by atoms with E-state index in [1.165, 1.54) is 23.4 Å². The molecule has 0 bridgehead atoms. The fourth-order valence-electron chi connectivity index (χ4n) is 3.24. The van der Waals surface area contributed by atoms with Crippen molar-refractivity contribution in [3.8, 4) is 5.75 Å². The van der Waals surface area contributed by atoms with Crippen LogP contribution in [0.15, 0.2) is 48.5 Å². The summed E-state index contributed by atoms with van der Waals surface area (Å²) in [5, 5.41) is 21.0. The predicted octanol–water partition coefficient (Wildman–Crippen LogP) is 2.47. The number of β-amino-alcohol motifs (C(OH)–C–C–N with tert-alkyl or cyclic N) is 1. The van der Waals surface area contributed by atoms with Crippen LogP contribution in [0.3, 0.4) is 0 Å². The summed E-state index contributed by atoms with van der Waals surface area (Å²) in [5.74, 6) is 0.396. The molecule has 7 heteroatoms. The van der Waals surface area contributed by atoms with E-state index in [9.17, 15) is 15.2 Å². The van der Waals surface area contributed by atoms with Crippen LogP contribution in [-0.4, -0.2) is 60.4 Å². The Hall–Kier alpha value is -2.64. The average Bonchev–Trinajstić information content (AvgIpc) is 2.67. The fraction of sp³-hybridized carbons (Fsp3) is 0.400.